The first-order valence-electron chi connectivity index (χ1n) is 8.43. The van der Waals surface area contributed by atoms with Gasteiger partial charge >= 0.3 is 0 Å². The Morgan fingerprint density at radius 1 is 1.33 bits per heavy atom. The molecular formula is C19H21N5OS2. The van der Waals surface area contributed by atoms with Crippen molar-refractivity contribution < 1.29 is 4.79 Å². The SMILES string of the molecule is CSc1cc(N2C(=O)C(C)(C)N(Cc3ccc(C)nc3)C2S)cnc1C#N. The fourth-order valence-electron chi connectivity index (χ4n) is 3.07. The second-order valence-corrected chi connectivity index (χ2v) is 8.18. The van der Waals surface area contributed by atoms with Gasteiger partial charge in [-0.3, -0.25) is 19.6 Å². The number of carbonyl (C=O) groups excluding carboxylic acids is 1. The molecule has 3 heterocycles. The lowest BCUT2D eigenvalue weighted by Crippen LogP contribution is -2.44. The molecule has 1 amide bonds. The highest BCUT2D eigenvalue weighted by Crippen LogP contribution is 2.38. The number of rotatable bonds is 4. The number of hydrogen-bond acceptors (Lipinski definition) is 7. The number of amides is 1. The summed E-state index contributed by atoms with van der Waals surface area (Å²) in [5, 5.41) is 9.18. The fourth-order valence-corrected chi connectivity index (χ4v) is 4.21. The Kier molecular flexibility index (Phi) is 5.47. The molecule has 1 fully saturated rings. The molecule has 2 aromatic heterocycles. The zero-order valence-corrected chi connectivity index (χ0v) is 17.4. The van der Waals surface area contributed by atoms with E-state index < -0.39 is 11.0 Å². The lowest BCUT2D eigenvalue weighted by molar-refractivity contribution is -0.123. The van der Waals surface area contributed by atoms with Gasteiger partial charge in [0.05, 0.1) is 17.4 Å². The Hall–Kier alpha value is -2.08. The van der Waals surface area contributed by atoms with E-state index in [4.69, 9.17) is 12.6 Å². The van der Waals surface area contributed by atoms with E-state index in [9.17, 15) is 10.1 Å². The number of aromatic nitrogens is 2. The van der Waals surface area contributed by atoms with Gasteiger partial charge in [-0.2, -0.15) is 5.26 Å². The average molecular weight is 400 g/mol. The van der Waals surface area contributed by atoms with Crippen LogP contribution in [0.2, 0.25) is 0 Å². The van der Waals surface area contributed by atoms with Crippen molar-refractivity contribution >= 4 is 36.0 Å². The van der Waals surface area contributed by atoms with E-state index in [0.29, 0.717) is 17.9 Å². The molecule has 140 valence electrons. The van der Waals surface area contributed by atoms with E-state index >= 15 is 0 Å². The Morgan fingerprint density at radius 3 is 2.67 bits per heavy atom. The zero-order chi connectivity index (χ0) is 19.8. The molecular weight excluding hydrogens is 378 g/mol. The Morgan fingerprint density at radius 2 is 2.07 bits per heavy atom. The molecule has 27 heavy (non-hydrogen) atoms. The summed E-state index contributed by atoms with van der Waals surface area (Å²) in [6, 6.07) is 7.88. The largest absolute Gasteiger partial charge is 0.284 e. The van der Waals surface area contributed by atoms with Crippen molar-refractivity contribution in [3.8, 4) is 6.07 Å². The van der Waals surface area contributed by atoms with Gasteiger partial charge in [0, 0.05) is 23.3 Å². The number of thiol groups is 1. The predicted molar refractivity (Wildman–Crippen MR) is 110 cm³/mol. The Balaban J connectivity index is 1.95. The van der Waals surface area contributed by atoms with Crippen LogP contribution in [0.3, 0.4) is 0 Å². The van der Waals surface area contributed by atoms with E-state index in [1.54, 1.807) is 11.1 Å². The Bertz CT molecular complexity index is 907. The van der Waals surface area contributed by atoms with Crippen molar-refractivity contribution in [2.45, 2.75) is 43.2 Å². The minimum absolute atomic E-state index is 0.0545. The monoisotopic (exact) mass is 399 g/mol. The van der Waals surface area contributed by atoms with Gasteiger partial charge in [0.15, 0.2) is 5.69 Å². The number of pyridine rings is 2. The van der Waals surface area contributed by atoms with Gasteiger partial charge in [-0.05, 0) is 44.7 Å². The zero-order valence-electron chi connectivity index (χ0n) is 15.7. The van der Waals surface area contributed by atoms with Crippen LogP contribution in [0.1, 0.15) is 30.8 Å². The van der Waals surface area contributed by atoms with Crippen LogP contribution < -0.4 is 4.90 Å². The van der Waals surface area contributed by atoms with Gasteiger partial charge in [0.1, 0.15) is 11.6 Å². The smallest absolute Gasteiger partial charge is 0.249 e. The normalized spacial score (nSPS) is 19.3. The first-order valence-corrected chi connectivity index (χ1v) is 10.2. The maximum absolute atomic E-state index is 13.2. The van der Waals surface area contributed by atoms with Crippen LogP contribution in [-0.4, -0.2) is 38.1 Å². The van der Waals surface area contributed by atoms with E-state index in [1.807, 2.05) is 56.3 Å². The predicted octanol–water partition coefficient (Wildman–Crippen LogP) is 3.22. The van der Waals surface area contributed by atoms with E-state index in [2.05, 4.69) is 16.0 Å². The summed E-state index contributed by atoms with van der Waals surface area (Å²) < 4.78 is 0. The number of thioether (sulfide) groups is 1. The highest BCUT2D eigenvalue weighted by Gasteiger charge is 2.51. The van der Waals surface area contributed by atoms with Crippen LogP contribution in [-0.2, 0) is 11.3 Å². The number of nitrogens with zero attached hydrogens (tertiary/aromatic N) is 5. The van der Waals surface area contributed by atoms with Crippen molar-refractivity contribution in [1.29, 1.82) is 5.26 Å². The molecule has 6 nitrogen and oxygen atoms in total. The van der Waals surface area contributed by atoms with Crippen molar-refractivity contribution in [2.24, 2.45) is 0 Å². The number of aryl methyl sites for hydroxylation is 1. The topological polar surface area (TPSA) is 73.1 Å². The van der Waals surface area contributed by atoms with Crippen molar-refractivity contribution in [2.75, 3.05) is 11.2 Å². The van der Waals surface area contributed by atoms with Crippen LogP contribution in [0.15, 0.2) is 35.5 Å². The highest BCUT2D eigenvalue weighted by molar-refractivity contribution is 7.98. The molecule has 0 spiro atoms. The first-order chi connectivity index (χ1) is 12.8. The first kappa shape index (κ1) is 19.7. The van der Waals surface area contributed by atoms with E-state index in [-0.39, 0.29) is 5.91 Å². The maximum atomic E-state index is 13.2. The van der Waals surface area contributed by atoms with Crippen LogP contribution in [0.25, 0.3) is 0 Å². The molecule has 1 aliphatic rings. The molecule has 0 radical (unpaired) electrons. The molecule has 3 rings (SSSR count). The molecule has 1 saturated heterocycles. The summed E-state index contributed by atoms with van der Waals surface area (Å²) in [7, 11) is 0. The molecule has 1 atom stereocenters. The minimum atomic E-state index is -0.731. The van der Waals surface area contributed by atoms with Crippen LogP contribution in [0.4, 0.5) is 5.69 Å². The summed E-state index contributed by atoms with van der Waals surface area (Å²) in [6.07, 6.45) is 5.27. The van der Waals surface area contributed by atoms with Crippen LogP contribution in [0.5, 0.6) is 0 Å². The van der Waals surface area contributed by atoms with Gasteiger partial charge in [-0.15, -0.1) is 24.4 Å². The molecule has 1 unspecified atom stereocenters. The fraction of sp³-hybridized carbons (Fsp3) is 0.368. The van der Waals surface area contributed by atoms with Gasteiger partial charge in [-0.25, -0.2) is 4.98 Å². The second kappa shape index (κ2) is 7.50. The summed E-state index contributed by atoms with van der Waals surface area (Å²) in [4.78, 5) is 26.1. The molecule has 0 saturated carbocycles. The highest BCUT2D eigenvalue weighted by atomic mass is 32.2. The van der Waals surface area contributed by atoms with Gasteiger partial charge in [0.2, 0.25) is 5.91 Å². The molecule has 8 heteroatoms. The molecule has 2 aromatic rings. The van der Waals surface area contributed by atoms with Gasteiger partial charge in [0.25, 0.3) is 0 Å². The molecule has 0 aromatic carbocycles. The third-order valence-corrected chi connectivity index (χ3v) is 6.00. The quantitative estimate of drug-likeness (QED) is 0.629. The van der Waals surface area contributed by atoms with Crippen molar-refractivity contribution in [3.63, 3.8) is 0 Å². The molecule has 0 aliphatic carbocycles. The maximum Gasteiger partial charge on any atom is 0.249 e. The second-order valence-electron chi connectivity index (χ2n) is 6.87. The molecule has 0 N–H and O–H groups in total. The summed E-state index contributed by atoms with van der Waals surface area (Å²) >= 11 is 6.17. The van der Waals surface area contributed by atoms with E-state index in [0.717, 1.165) is 16.2 Å². The van der Waals surface area contributed by atoms with E-state index in [1.165, 1.54) is 11.8 Å². The molecule has 1 aliphatic heterocycles. The van der Waals surface area contributed by atoms with Crippen LogP contribution >= 0.6 is 24.4 Å². The number of hydrogen-bond donors (Lipinski definition) is 1. The summed E-state index contributed by atoms with van der Waals surface area (Å²) in [6.45, 7) is 6.28. The third kappa shape index (κ3) is 3.55. The standard InChI is InChI=1S/C19H21N5OS2/c1-12-5-6-13(9-21-12)11-23-18(26)24(17(25)19(23,2)3)14-7-16(27-4)15(8-20)22-10-14/h5-7,9-10,18,26H,11H2,1-4H3. The third-order valence-electron chi connectivity index (χ3n) is 4.74. The number of nitriles is 1. The van der Waals surface area contributed by atoms with Crippen LogP contribution in [0, 0.1) is 18.3 Å². The lowest BCUT2D eigenvalue weighted by atomic mass is 10.0. The average Bonchev–Trinajstić information content (AvgIpc) is 2.82. The van der Waals surface area contributed by atoms with Gasteiger partial charge in [-0.1, -0.05) is 6.07 Å². The van der Waals surface area contributed by atoms with Crippen molar-refractivity contribution in [3.05, 3.63) is 47.5 Å². The minimum Gasteiger partial charge on any atom is -0.284 e. The molecule has 0 bridgehead atoms. The lowest BCUT2D eigenvalue weighted by Gasteiger charge is -2.31. The number of carbonyl (C=O) groups is 1. The Labute approximate surface area is 169 Å². The summed E-state index contributed by atoms with van der Waals surface area (Å²) in [5.74, 6) is -0.0545. The number of anilines is 1. The van der Waals surface area contributed by atoms with Crippen molar-refractivity contribution in [1.82, 2.24) is 14.9 Å². The summed E-state index contributed by atoms with van der Waals surface area (Å²) in [5.41, 5.74) is 1.79. The van der Waals surface area contributed by atoms with Gasteiger partial charge < -0.3 is 0 Å².